The van der Waals surface area contributed by atoms with Crippen molar-refractivity contribution < 1.29 is 27.5 Å². The van der Waals surface area contributed by atoms with E-state index < -0.39 is 24.3 Å². The second kappa shape index (κ2) is 7.89. The van der Waals surface area contributed by atoms with E-state index in [1.807, 2.05) is 0 Å². The average Bonchev–Trinajstić information content (AvgIpc) is 2.65. The van der Waals surface area contributed by atoms with Crippen LogP contribution in [0.1, 0.15) is 56.6 Å². The molecule has 4 nitrogen and oxygen atoms in total. The van der Waals surface area contributed by atoms with Crippen molar-refractivity contribution in [1.29, 1.82) is 0 Å². The number of hydrogen-bond donors (Lipinski definition) is 1. The quantitative estimate of drug-likeness (QED) is 0.685. The summed E-state index contributed by atoms with van der Waals surface area (Å²) in [7, 11) is 0. The summed E-state index contributed by atoms with van der Waals surface area (Å²) < 4.78 is 43.4. The van der Waals surface area contributed by atoms with Gasteiger partial charge in [0.25, 0.3) is 5.91 Å². The molecule has 0 aromatic heterocycles. The largest absolute Gasteiger partial charge is 0.455 e. The summed E-state index contributed by atoms with van der Waals surface area (Å²) >= 11 is 0. The van der Waals surface area contributed by atoms with Crippen molar-refractivity contribution >= 4 is 11.9 Å². The van der Waals surface area contributed by atoms with Crippen molar-refractivity contribution in [3.05, 3.63) is 35.4 Å². The van der Waals surface area contributed by atoms with Gasteiger partial charge in [-0.1, -0.05) is 18.2 Å². The third kappa shape index (κ3) is 4.49. The standard InChI is InChI=1S/C23H28F3NO3/c1-14(22-10-16-5-17(11-22)7-18(6-16)12-22)27-20(28)13-30-21(29)9-15-3-2-4-19(8-15)23(24,25)26/h2-4,8,14,16-18H,5-7,9-13H2,1H3,(H,27,28)/t14-,16?,17?,18?,22?/m1/s1. The molecule has 4 saturated carbocycles. The number of halogens is 3. The zero-order valence-corrected chi connectivity index (χ0v) is 17.1. The third-order valence-electron chi connectivity index (χ3n) is 7.35. The summed E-state index contributed by atoms with van der Waals surface area (Å²) in [4.78, 5) is 24.4. The fourth-order valence-corrected chi connectivity index (χ4v) is 6.37. The molecular weight excluding hydrogens is 395 g/mol. The van der Waals surface area contributed by atoms with Gasteiger partial charge < -0.3 is 10.1 Å². The lowest BCUT2D eigenvalue weighted by atomic mass is 9.48. The highest BCUT2D eigenvalue weighted by atomic mass is 19.4. The van der Waals surface area contributed by atoms with E-state index in [2.05, 4.69) is 12.2 Å². The Morgan fingerprint density at radius 2 is 1.73 bits per heavy atom. The molecule has 164 valence electrons. The molecule has 0 unspecified atom stereocenters. The van der Waals surface area contributed by atoms with E-state index in [9.17, 15) is 22.8 Å². The Bertz CT molecular complexity index is 785. The number of amides is 1. The normalized spacial score (nSPS) is 30.7. The van der Waals surface area contributed by atoms with Gasteiger partial charge >= 0.3 is 12.1 Å². The van der Waals surface area contributed by atoms with E-state index in [0.717, 1.165) is 49.1 Å². The van der Waals surface area contributed by atoms with Gasteiger partial charge in [-0.15, -0.1) is 0 Å². The molecule has 1 aromatic rings. The summed E-state index contributed by atoms with van der Waals surface area (Å²) in [6.45, 7) is 1.64. The highest BCUT2D eigenvalue weighted by Crippen LogP contribution is 2.61. The van der Waals surface area contributed by atoms with E-state index >= 15 is 0 Å². The number of hydrogen-bond acceptors (Lipinski definition) is 3. The first-order chi connectivity index (χ1) is 14.1. The Morgan fingerprint density at radius 3 is 2.30 bits per heavy atom. The van der Waals surface area contributed by atoms with Gasteiger partial charge in [0.15, 0.2) is 6.61 Å². The van der Waals surface area contributed by atoms with Crippen molar-refractivity contribution in [3.8, 4) is 0 Å². The minimum Gasteiger partial charge on any atom is -0.455 e. The molecule has 1 amide bonds. The van der Waals surface area contributed by atoms with Crippen LogP contribution in [0.15, 0.2) is 24.3 Å². The van der Waals surface area contributed by atoms with Gasteiger partial charge in [-0.25, -0.2) is 0 Å². The molecule has 0 heterocycles. The van der Waals surface area contributed by atoms with Crippen LogP contribution in [-0.2, 0) is 26.9 Å². The molecule has 7 heteroatoms. The van der Waals surface area contributed by atoms with Crippen LogP contribution in [0.2, 0.25) is 0 Å². The van der Waals surface area contributed by atoms with E-state index in [1.54, 1.807) is 0 Å². The third-order valence-corrected chi connectivity index (χ3v) is 7.35. The summed E-state index contributed by atoms with van der Waals surface area (Å²) in [5.41, 5.74) is -0.445. The highest BCUT2D eigenvalue weighted by Gasteiger charge is 2.53. The number of esters is 1. The number of nitrogens with one attached hydrogen (secondary N) is 1. The maximum Gasteiger partial charge on any atom is 0.416 e. The molecule has 0 spiro atoms. The first-order valence-corrected chi connectivity index (χ1v) is 10.7. The van der Waals surface area contributed by atoms with Crippen molar-refractivity contribution in [2.75, 3.05) is 6.61 Å². The Balaban J connectivity index is 1.26. The van der Waals surface area contributed by atoms with Crippen LogP contribution in [0.3, 0.4) is 0 Å². The molecule has 4 fully saturated rings. The van der Waals surface area contributed by atoms with Gasteiger partial charge in [0.2, 0.25) is 0 Å². The van der Waals surface area contributed by atoms with Crippen LogP contribution in [0.4, 0.5) is 13.2 Å². The molecule has 0 saturated heterocycles. The van der Waals surface area contributed by atoms with Crippen molar-refractivity contribution in [3.63, 3.8) is 0 Å². The number of carbonyl (C=O) groups is 2. The predicted molar refractivity (Wildman–Crippen MR) is 104 cm³/mol. The minimum atomic E-state index is -4.47. The van der Waals surface area contributed by atoms with Gasteiger partial charge in [-0.2, -0.15) is 13.2 Å². The molecule has 4 aliphatic carbocycles. The van der Waals surface area contributed by atoms with Crippen LogP contribution in [0, 0.1) is 23.2 Å². The van der Waals surface area contributed by atoms with E-state index in [0.29, 0.717) is 0 Å². The van der Waals surface area contributed by atoms with Crippen LogP contribution in [-0.4, -0.2) is 24.5 Å². The maximum atomic E-state index is 12.8. The highest BCUT2D eigenvalue weighted by molar-refractivity contribution is 5.81. The minimum absolute atomic E-state index is 0.0283. The monoisotopic (exact) mass is 423 g/mol. The fourth-order valence-electron chi connectivity index (χ4n) is 6.37. The van der Waals surface area contributed by atoms with Gasteiger partial charge in [0.1, 0.15) is 0 Å². The lowest BCUT2D eigenvalue weighted by Gasteiger charge is -2.59. The van der Waals surface area contributed by atoms with Crippen LogP contribution >= 0.6 is 0 Å². The van der Waals surface area contributed by atoms with Gasteiger partial charge in [-0.05, 0) is 80.2 Å². The summed E-state index contributed by atoms with van der Waals surface area (Å²) in [6.07, 6.45) is 2.70. The number of benzene rings is 1. The maximum absolute atomic E-state index is 12.8. The average molecular weight is 423 g/mol. The first-order valence-electron chi connectivity index (χ1n) is 10.7. The lowest BCUT2D eigenvalue weighted by molar-refractivity contribution is -0.149. The predicted octanol–water partition coefficient (Wildman–Crippen LogP) is 4.51. The lowest BCUT2D eigenvalue weighted by Crippen LogP contribution is -2.56. The molecule has 4 bridgehead atoms. The summed E-state index contributed by atoms with van der Waals surface area (Å²) in [5.74, 6) is 1.27. The first kappa shape index (κ1) is 21.2. The van der Waals surface area contributed by atoms with Crippen molar-refractivity contribution in [2.45, 2.75) is 64.1 Å². The molecule has 1 N–H and O–H groups in total. The summed E-state index contributed by atoms with van der Waals surface area (Å²) in [5, 5.41) is 3.02. The second-order valence-corrected chi connectivity index (χ2v) is 9.60. The zero-order valence-electron chi connectivity index (χ0n) is 17.1. The van der Waals surface area contributed by atoms with Crippen LogP contribution in [0.25, 0.3) is 0 Å². The van der Waals surface area contributed by atoms with Gasteiger partial charge in [-0.3, -0.25) is 9.59 Å². The Hall–Kier alpha value is -2.05. The van der Waals surface area contributed by atoms with Crippen molar-refractivity contribution in [1.82, 2.24) is 5.32 Å². The van der Waals surface area contributed by atoms with E-state index in [-0.39, 0.29) is 29.3 Å². The number of carbonyl (C=O) groups excluding carboxylic acids is 2. The van der Waals surface area contributed by atoms with Crippen LogP contribution in [0.5, 0.6) is 0 Å². The molecule has 5 rings (SSSR count). The molecule has 1 atom stereocenters. The van der Waals surface area contributed by atoms with Crippen LogP contribution < -0.4 is 5.32 Å². The molecule has 0 radical (unpaired) electrons. The molecule has 0 aliphatic heterocycles. The Kier molecular flexibility index (Phi) is 5.58. The second-order valence-electron chi connectivity index (χ2n) is 9.60. The fraction of sp³-hybridized carbons (Fsp3) is 0.652. The molecule has 4 aliphatic rings. The number of rotatable bonds is 6. The van der Waals surface area contributed by atoms with Crippen molar-refractivity contribution in [2.24, 2.45) is 23.2 Å². The number of alkyl halides is 3. The molecule has 1 aromatic carbocycles. The molecular formula is C23H28F3NO3. The van der Waals surface area contributed by atoms with Gasteiger partial charge in [0, 0.05) is 6.04 Å². The Labute approximate surface area is 174 Å². The van der Waals surface area contributed by atoms with E-state index in [4.69, 9.17) is 4.74 Å². The number of ether oxygens (including phenoxy) is 1. The summed E-state index contributed by atoms with van der Waals surface area (Å²) in [6, 6.07) is 4.60. The topological polar surface area (TPSA) is 55.4 Å². The van der Waals surface area contributed by atoms with Gasteiger partial charge in [0.05, 0.1) is 12.0 Å². The Morgan fingerprint density at radius 1 is 1.13 bits per heavy atom. The molecule has 30 heavy (non-hydrogen) atoms. The van der Waals surface area contributed by atoms with E-state index in [1.165, 1.54) is 31.4 Å². The zero-order chi connectivity index (χ0) is 21.5. The SMILES string of the molecule is C[C@@H](NC(=O)COC(=O)Cc1cccc(C(F)(F)F)c1)C12CC3CC(CC(C3)C1)C2. The smallest absolute Gasteiger partial charge is 0.416 e.